The summed E-state index contributed by atoms with van der Waals surface area (Å²) < 4.78 is 12.0. The number of aryl methyl sites for hydroxylation is 1. The van der Waals surface area contributed by atoms with Crippen LogP contribution in [0.1, 0.15) is 43.4 Å². The van der Waals surface area contributed by atoms with E-state index in [-0.39, 0.29) is 18.1 Å². The van der Waals surface area contributed by atoms with E-state index >= 15 is 0 Å². The number of unbranched alkanes of at least 4 members (excludes halogenated alkanes) is 2. The Morgan fingerprint density at radius 2 is 1.91 bits per heavy atom. The van der Waals surface area contributed by atoms with Crippen molar-refractivity contribution < 1.29 is 49.4 Å². The maximum absolute atomic E-state index is 13.4. The average Bonchev–Trinajstić information content (AvgIpc) is 3.47. The molecule has 10 nitrogen and oxygen atoms in total. The molecule has 2 aromatic rings. The van der Waals surface area contributed by atoms with Crippen LogP contribution in [0.25, 0.3) is 10.1 Å². The molecule has 1 aliphatic heterocycles. The Hall–Kier alpha value is -2.48. The van der Waals surface area contributed by atoms with Crippen LogP contribution in [-0.4, -0.2) is 86.5 Å². The summed E-state index contributed by atoms with van der Waals surface area (Å²) in [5.74, 6) is -2.71. The zero-order valence-electron chi connectivity index (χ0n) is 23.4. The highest BCUT2D eigenvalue weighted by atomic mass is 35.5. The number of benzene rings is 1. The maximum atomic E-state index is 13.4. The molecule has 2 heterocycles. The number of rotatable bonds is 14. The molecule has 0 spiro atoms. The number of fused-ring (bicyclic) bond motifs is 1. The van der Waals surface area contributed by atoms with E-state index in [0.717, 1.165) is 21.2 Å². The number of carboxylic acids is 1. The van der Waals surface area contributed by atoms with Crippen LogP contribution in [0.4, 0.5) is 0 Å². The van der Waals surface area contributed by atoms with E-state index in [2.05, 4.69) is 0 Å². The number of carboxylic acid groups (broad SMARTS) is 1. The highest BCUT2D eigenvalue weighted by Gasteiger charge is 2.50. The zero-order valence-corrected chi connectivity index (χ0v) is 25.0. The summed E-state index contributed by atoms with van der Waals surface area (Å²) >= 11 is 8.13. The van der Waals surface area contributed by atoms with Gasteiger partial charge < -0.3 is 39.8 Å². The van der Waals surface area contributed by atoms with Crippen LogP contribution in [0, 0.1) is 11.8 Å². The van der Waals surface area contributed by atoms with Gasteiger partial charge in [0.2, 0.25) is 0 Å². The van der Waals surface area contributed by atoms with Crippen LogP contribution in [0.15, 0.2) is 48.6 Å². The number of aliphatic hydroxyl groups is 4. The van der Waals surface area contributed by atoms with Crippen LogP contribution in [0.2, 0.25) is 5.02 Å². The largest absolute Gasteiger partial charge is 0.479 e. The molecule has 1 aromatic carbocycles. The van der Waals surface area contributed by atoms with Crippen molar-refractivity contribution in [2.24, 2.45) is 11.8 Å². The lowest BCUT2D eigenvalue weighted by Gasteiger charge is -2.39. The van der Waals surface area contributed by atoms with Crippen molar-refractivity contribution in [3.8, 4) is 0 Å². The number of allylic oxidation sites excluding steroid dienone is 3. The molecule has 2 fully saturated rings. The van der Waals surface area contributed by atoms with Crippen molar-refractivity contribution >= 4 is 51.1 Å². The molecular formula is C31H37ClO10S. The molecule has 1 saturated heterocycles. The van der Waals surface area contributed by atoms with E-state index in [4.69, 9.17) is 21.1 Å². The van der Waals surface area contributed by atoms with E-state index in [9.17, 15) is 39.9 Å². The summed E-state index contributed by atoms with van der Waals surface area (Å²) in [6.07, 6.45) is 0.548. The summed E-state index contributed by atoms with van der Waals surface area (Å²) in [5, 5.41) is 52.2. The van der Waals surface area contributed by atoms with E-state index in [1.165, 1.54) is 0 Å². The van der Waals surface area contributed by atoms with E-state index in [1.807, 2.05) is 36.4 Å². The Morgan fingerprint density at radius 1 is 1.14 bits per heavy atom. The fraction of sp³-hybridized carbons (Fsp3) is 0.516. The Labute approximate surface area is 258 Å². The van der Waals surface area contributed by atoms with Gasteiger partial charge in [-0.3, -0.25) is 4.79 Å². The number of hydrogen-bond donors (Lipinski definition) is 5. The van der Waals surface area contributed by atoms with Crippen molar-refractivity contribution in [3.05, 3.63) is 58.5 Å². The lowest BCUT2D eigenvalue weighted by atomic mass is 9.91. The van der Waals surface area contributed by atoms with Crippen molar-refractivity contribution in [1.29, 1.82) is 0 Å². The van der Waals surface area contributed by atoms with Gasteiger partial charge in [-0.25, -0.2) is 4.79 Å². The second-order valence-corrected chi connectivity index (χ2v) is 12.4. The standard InChI is InChI=1S/C31H37ClO10S/c32-24-20-9-5-6-10-22(20)43-23(24)14-13-18(34)12-11-17-16-21(25(35)19(17)8-4-2-1-3-7-15-33)41-31-28(38)26(36)27(37)29(42-31)30(39)40/h2,4-6,9-12,15,17-19,21,26-29,31,34,36-38H,1,3,7-8,13-14,16H2,(H,39,40)/b4-2-,12-11+/t17-,18?,19+,21?,26-,27-,28+,29-,31?/m0/s1. The van der Waals surface area contributed by atoms with Crippen LogP contribution in [-0.2, 0) is 30.3 Å². The SMILES string of the molecule is O=CCCC/C=C\C[C@H]1C(=O)C(OC2O[C@H](C(=O)O)[C@@H](O)[C@H](O)[C@H]2O)C[C@@H]1/C=C/C(O)CCc1sc2ccccc2c1Cl. The van der Waals surface area contributed by atoms with Crippen LogP contribution in [0.3, 0.4) is 0 Å². The predicted octanol–water partition coefficient (Wildman–Crippen LogP) is 3.20. The molecule has 43 heavy (non-hydrogen) atoms. The minimum Gasteiger partial charge on any atom is -0.479 e. The summed E-state index contributed by atoms with van der Waals surface area (Å²) in [6, 6.07) is 7.84. The first-order valence-corrected chi connectivity index (χ1v) is 15.5. The van der Waals surface area contributed by atoms with Crippen molar-refractivity contribution in [2.75, 3.05) is 0 Å². The highest BCUT2D eigenvalue weighted by Crippen LogP contribution is 2.38. The molecule has 1 aliphatic carbocycles. The number of hydrogen-bond acceptors (Lipinski definition) is 10. The smallest absolute Gasteiger partial charge is 0.335 e. The summed E-state index contributed by atoms with van der Waals surface area (Å²) in [7, 11) is 0. The van der Waals surface area contributed by atoms with Crippen molar-refractivity contribution in [2.45, 2.75) is 87.9 Å². The molecule has 0 amide bonds. The Morgan fingerprint density at radius 3 is 2.63 bits per heavy atom. The number of thiophene rings is 1. The number of ether oxygens (including phenoxy) is 2. The van der Waals surface area contributed by atoms with Gasteiger partial charge in [0.05, 0.1) is 11.1 Å². The topological polar surface area (TPSA) is 171 Å². The highest BCUT2D eigenvalue weighted by molar-refractivity contribution is 7.19. The van der Waals surface area contributed by atoms with Gasteiger partial charge in [0.25, 0.3) is 0 Å². The molecular weight excluding hydrogens is 600 g/mol. The van der Waals surface area contributed by atoms with Gasteiger partial charge in [-0.1, -0.05) is 54.1 Å². The average molecular weight is 637 g/mol. The van der Waals surface area contributed by atoms with Gasteiger partial charge in [-0.2, -0.15) is 0 Å². The molecule has 12 heteroatoms. The number of carbonyl (C=O) groups is 3. The Bertz CT molecular complexity index is 1320. The minimum atomic E-state index is -1.87. The molecule has 4 rings (SSSR count). The lowest BCUT2D eigenvalue weighted by Crippen LogP contribution is -2.61. The molecule has 1 aromatic heterocycles. The molecule has 3 unspecified atom stereocenters. The molecule has 2 aliphatic rings. The molecule has 0 radical (unpaired) electrons. The van der Waals surface area contributed by atoms with Gasteiger partial charge in [-0.15, -0.1) is 11.3 Å². The number of Topliss-reactive ketones (excluding diaryl/α,β-unsaturated/α-hetero) is 1. The van der Waals surface area contributed by atoms with Crippen LogP contribution >= 0.6 is 22.9 Å². The second-order valence-electron chi connectivity index (χ2n) is 10.9. The minimum absolute atomic E-state index is 0.177. The third-order valence-corrected chi connectivity index (χ3v) is 9.67. The fourth-order valence-electron chi connectivity index (χ4n) is 5.48. The number of ketones is 1. The quantitative estimate of drug-likeness (QED) is 0.118. The molecule has 0 bridgehead atoms. The van der Waals surface area contributed by atoms with Gasteiger partial charge >= 0.3 is 5.97 Å². The first kappa shape index (κ1) is 33.4. The zero-order chi connectivity index (χ0) is 31.1. The summed E-state index contributed by atoms with van der Waals surface area (Å²) in [6.45, 7) is 0. The summed E-state index contributed by atoms with van der Waals surface area (Å²) in [4.78, 5) is 36.4. The number of halogens is 1. The number of aldehydes is 1. The molecule has 234 valence electrons. The normalized spacial score (nSPS) is 30.5. The third-order valence-electron chi connectivity index (χ3n) is 7.90. The number of aliphatic carboxylic acids is 1. The van der Waals surface area contributed by atoms with Gasteiger partial charge in [0, 0.05) is 27.3 Å². The summed E-state index contributed by atoms with van der Waals surface area (Å²) in [5.41, 5.74) is 0. The van der Waals surface area contributed by atoms with E-state index in [0.29, 0.717) is 43.5 Å². The van der Waals surface area contributed by atoms with Gasteiger partial charge in [0.1, 0.15) is 30.7 Å². The van der Waals surface area contributed by atoms with Crippen LogP contribution in [0.5, 0.6) is 0 Å². The second kappa shape index (κ2) is 15.5. The first-order chi connectivity index (χ1) is 20.6. The van der Waals surface area contributed by atoms with Gasteiger partial charge in [-0.05, 0) is 50.5 Å². The van der Waals surface area contributed by atoms with Gasteiger partial charge in [0.15, 0.2) is 18.2 Å². The van der Waals surface area contributed by atoms with Crippen molar-refractivity contribution in [3.63, 3.8) is 0 Å². The molecule has 9 atom stereocenters. The van der Waals surface area contributed by atoms with Crippen molar-refractivity contribution in [1.82, 2.24) is 0 Å². The molecule has 1 saturated carbocycles. The maximum Gasteiger partial charge on any atom is 0.335 e. The fourth-order valence-corrected chi connectivity index (χ4v) is 7.02. The third kappa shape index (κ3) is 8.17. The first-order valence-electron chi connectivity index (χ1n) is 14.3. The predicted molar refractivity (Wildman–Crippen MR) is 160 cm³/mol. The molecule has 5 N–H and O–H groups in total. The monoisotopic (exact) mass is 636 g/mol. The number of carbonyl (C=O) groups excluding carboxylic acids is 2. The Balaban J connectivity index is 1.43. The lowest BCUT2D eigenvalue weighted by molar-refractivity contribution is -0.301. The number of aliphatic hydroxyl groups excluding tert-OH is 4. The van der Waals surface area contributed by atoms with Crippen LogP contribution < -0.4 is 0 Å². The van der Waals surface area contributed by atoms with E-state index in [1.54, 1.807) is 23.5 Å². The van der Waals surface area contributed by atoms with E-state index < -0.39 is 54.8 Å². The Kier molecular flexibility index (Phi) is 12.0.